The monoisotopic (exact) mass is 451 g/mol. The zero-order chi connectivity index (χ0) is 23.7. The number of rotatable bonds is 4. The molecule has 3 aromatic carbocycles. The van der Waals surface area contributed by atoms with E-state index < -0.39 is 18.5 Å². The number of H-pyrrole nitrogens is 1. The fourth-order valence-electron chi connectivity index (χ4n) is 5.44. The Kier molecular flexibility index (Phi) is 4.44. The number of aryl methyl sites for hydroxylation is 1. The Bertz CT molecular complexity index is 1710. The topological polar surface area (TPSA) is 78.3 Å². The van der Waals surface area contributed by atoms with Crippen molar-refractivity contribution >= 4 is 55.4 Å². The van der Waals surface area contributed by atoms with Crippen LogP contribution in [0.4, 0.5) is 0 Å². The number of aliphatic hydroxyl groups is 1. The Hall–Kier alpha value is -3.90. The molecule has 0 atom stereocenters. The average Bonchev–Trinajstić information content (AvgIpc) is 3.44. The van der Waals surface area contributed by atoms with E-state index in [1.165, 1.54) is 11.1 Å². The van der Waals surface area contributed by atoms with E-state index in [0.717, 1.165) is 54.9 Å². The molecular formula is C28H25N3O3. The first-order valence-electron chi connectivity index (χ1n) is 11.6. The number of aromatic nitrogens is 2. The number of aromatic amines is 1. The van der Waals surface area contributed by atoms with Crippen molar-refractivity contribution in [3.8, 4) is 0 Å². The largest absolute Gasteiger partial charge is 0.376 e. The summed E-state index contributed by atoms with van der Waals surface area (Å²) in [6.45, 7) is 6.32. The van der Waals surface area contributed by atoms with Gasteiger partial charge in [0.25, 0.3) is 11.8 Å². The molecule has 5 aromatic rings. The molecule has 0 saturated heterocycles. The lowest BCUT2D eigenvalue weighted by molar-refractivity contribution is 0.0491. The van der Waals surface area contributed by atoms with Crippen molar-refractivity contribution in [1.82, 2.24) is 14.5 Å². The summed E-state index contributed by atoms with van der Waals surface area (Å²) in [6, 6.07) is 14.2. The van der Waals surface area contributed by atoms with Crippen LogP contribution >= 0.6 is 0 Å². The van der Waals surface area contributed by atoms with Gasteiger partial charge < -0.3 is 14.7 Å². The van der Waals surface area contributed by atoms with Gasteiger partial charge in [-0.2, -0.15) is 0 Å². The molecule has 2 amide bonds. The first-order valence-corrected chi connectivity index (χ1v) is 11.6. The fraction of sp³-hybridized carbons (Fsp3) is 0.214. The Balaban J connectivity index is 1.83. The molecule has 1 aliphatic rings. The number of imide groups is 1. The van der Waals surface area contributed by atoms with E-state index in [2.05, 4.69) is 48.5 Å². The highest BCUT2D eigenvalue weighted by atomic mass is 16.3. The minimum Gasteiger partial charge on any atom is -0.376 e. The third-order valence-electron chi connectivity index (χ3n) is 6.94. The van der Waals surface area contributed by atoms with E-state index in [1.54, 1.807) is 0 Å². The first kappa shape index (κ1) is 20.7. The lowest BCUT2D eigenvalue weighted by Crippen LogP contribution is -2.30. The van der Waals surface area contributed by atoms with Crippen LogP contribution in [0, 0.1) is 0 Å². The number of para-hydroxylation sites is 1. The fourth-order valence-corrected chi connectivity index (χ4v) is 5.44. The Morgan fingerprint density at radius 3 is 2.44 bits per heavy atom. The van der Waals surface area contributed by atoms with Crippen LogP contribution in [0.15, 0.2) is 54.1 Å². The van der Waals surface area contributed by atoms with Gasteiger partial charge in [-0.05, 0) is 44.9 Å². The molecule has 0 bridgehead atoms. The third-order valence-corrected chi connectivity index (χ3v) is 6.94. The molecule has 34 heavy (non-hydrogen) atoms. The molecule has 0 radical (unpaired) electrons. The molecular weight excluding hydrogens is 426 g/mol. The van der Waals surface area contributed by atoms with Crippen LogP contribution < -0.4 is 0 Å². The van der Waals surface area contributed by atoms with E-state index in [4.69, 9.17) is 0 Å². The summed E-state index contributed by atoms with van der Waals surface area (Å²) in [5.74, 6) is -0.889. The summed E-state index contributed by atoms with van der Waals surface area (Å²) in [4.78, 5) is 31.4. The van der Waals surface area contributed by atoms with Crippen LogP contribution in [-0.4, -0.2) is 38.1 Å². The zero-order valence-corrected chi connectivity index (χ0v) is 19.4. The molecule has 0 spiro atoms. The van der Waals surface area contributed by atoms with Crippen molar-refractivity contribution in [2.75, 3.05) is 6.73 Å². The minimum absolute atomic E-state index is 0.379. The maximum absolute atomic E-state index is 13.4. The maximum Gasteiger partial charge on any atom is 0.264 e. The Morgan fingerprint density at radius 2 is 1.74 bits per heavy atom. The van der Waals surface area contributed by atoms with Crippen LogP contribution in [0.25, 0.3) is 43.6 Å². The van der Waals surface area contributed by atoms with E-state index in [0.29, 0.717) is 17.7 Å². The molecule has 6 nitrogen and oxygen atoms in total. The number of fused-ring (bicyclic) bond motifs is 10. The minimum atomic E-state index is -0.642. The van der Waals surface area contributed by atoms with Crippen molar-refractivity contribution < 1.29 is 14.7 Å². The molecule has 0 fully saturated rings. The number of benzene rings is 3. The molecule has 1 aliphatic heterocycles. The molecule has 170 valence electrons. The number of nitrogens with one attached hydrogen (secondary N) is 1. The van der Waals surface area contributed by atoms with Crippen molar-refractivity contribution in [1.29, 1.82) is 0 Å². The zero-order valence-electron chi connectivity index (χ0n) is 19.4. The first-order chi connectivity index (χ1) is 16.5. The highest BCUT2D eigenvalue weighted by molar-refractivity contribution is 6.39. The number of nitrogens with zero attached hydrogens (tertiary/aromatic N) is 2. The van der Waals surface area contributed by atoms with Gasteiger partial charge in [0, 0.05) is 39.1 Å². The third kappa shape index (κ3) is 2.60. The average molecular weight is 452 g/mol. The second-order valence-corrected chi connectivity index (χ2v) is 9.16. The van der Waals surface area contributed by atoms with Gasteiger partial charge in [0.15, 0.2) is 0 Å². The number of carbonyl (C=O) groups is 2. The van der Waals surface area contributed by atoms with Crippen LogP contribution in [0.5, 0.6) is 0 Å². The smallest absolute Gasteiger partial charge is 0.264 e. The predicted octanol–water partition coefficient (Wildman–Crippen LogP) is 5.50. The van der Waals surface area contributed by atoms with Crippen molar-refractivity contribution in [2.45, 2.75) is 33.7 Å². The standard InChI is InChI=1S/C28H25N3O3/c1-4-30-20-8-6-5-7-18(20)22-24-23(27(33)31(14-32)28(24)34)21-17-12-11-16(10-9-15(2)3)13-19(17)29-25(21)26(22)30/h5-9,11-13,29,32H,4,10,14H2,1-3H3. The van der Waals surface area contributed by atoms with Crippen LogP contribution in [-0.2, 0) is 13.0 Å². The van der Waals surface area contributed by atoms with Crippen LogP contribution in [0.2, 0.25) is 0 Å². The molecule has 3 heterocycles. The lowest BCUT2D eigenvalue weighted by atomic mass is 9.96. The van der Waals surface area contributed by atoms with Crippen LogP contribution in [0.3, 0.4) is 0 Å². The summed E-state index contributed by atoms with van der Waals surface area (Å²) in [6.07, 6.45) is 3.02. The highest BCUT2D eigenvalue weighted by Crippen LogP contribution is 2.45. The molecule has 0 unspecified atom stereocenters. The van der Waals surface area contributed by atoms with Gasteiger partial charge in [0.2, 0.25) is 0 Å². The Labute approximate surface area is 196 Å². The summed E-state index contributed by atoms with van der Waals surface area (Å²) in [5, 5.41) is 13.2. The molecule has 6 rings (SSSR count). The predicted molar refractivity (Wildman–Crippen MR) is 135 cm³/mol. The number of allylic oxidation sites excluding steroid dienone is 2. The number of amides is 2. The van der Waals surface area contributed by atoms with Gasteiger partial charge in [-0.1, -0.05) is 42.0 Å². The normalized spacial score (nSPS) is 13.7. The molecule has 0 saturated carbocycles. The number of hydrogen-bond donors (Lipinski definition) is 2. The second-order valence-electron chi connectivity index (χ2n) is 9.16. The van der Waals surface area contributed by atoms with Crippen molar-refractivity contribution in [2.24, 2.45) is 0 Å². The van der Waals surface area contributed by atoms with Gasteiger partial charge in [-0.25, -0.2) is 0 Å². The summed E-state index contributed by atoms with van der Waals surface area (Å²) >= 11 is 0. The highest BCUT2D eigenvalue weighted by Gasteiger charge is 2.41. The van der Waals surface area contributed by atoms with Gasteiger partial charge in [-0.15, -0.1) is 0 Å². The van der Waals surface area contributed by atoms with E-state index in [-0.39, 0.29) is 0 Å². The molecule has 2 aromatic heterocycles. The van der Waals surface area contributed by atoms with Gasteiger partial charge >= 0.3 is 0 Å². The number of aliphatic hydroxyl groups excluding tert-OH is 1. The molecule has 2 N–H and O–H groups in total. The molecule has 6 heteroatoms. The van der Waals surface area contributed by atoms with E-state index in [9.17, 15) is 14.7 Å². The van der Waals surface area contributed by atoms with Gasteiger partial charge in [-0.3, -0.25) is 14.5 Å². The molecule has 0 aliphatic carbocycles. The quantitative estimate of drug-likeness (QED) is 0.280. The SMILES string of the molecule is CCn1c2ccccc2c2c3c(c4c5ccc(CC=C(C)C)cc5[nH]c4c21)C(=O)N(CO)C3=O. The van der Waals surface area contributed by atoms with Gasteiger partial charge in [0.05, 0.1) is 22.2 Å². The lowest BCUT2D eigenvalue weighted by Gasteiger charge is -2.08. The van der Waals surface area contributed by atoms with Crippen molar-refractivity contribution in [3.05, 3.63) is 70.8 Å². The number of hydrogen-bond acceptors (Lipinski definition) is 3. The second kappa shape index (κ2) is 7.30. The summed E-state index contributed by atoms with van der Waals surface area (Å²) in [5.41, 5.74) is 6.91. The van der Waals surface area contributed by atoms with E-state index in [1.807, 2.05) is 30.3 Å². The number of carbonyl (C=O) groups excluding carboxylic acids is 2. The van der Waals surface area contributed by atoms with E-state index >= 15 is 0 Å². The van der Waals surface area contributed by atoms with Crippen LogP contribution in [0.1, 0.15) is 47.1 Å². The van der Waals surface area contributed by atoms with Gasteiger partial charge in [0.1, 0.15) is 6.73 Å². The summed E-state index contributed by atoms with van der Waals surface area (Å²) in [7, 11) is 0. The summed E-state index contributed by atoms with van der Waals surface area (Å²) < 4.78 is 2.20. The maximum atomic E-state index is 13.4. The Morgan fingerprint density at radius 1 is 1.00 bits per heavy atom. The van der Waals surface area contributed by atoms with Crippen molar-refractivity contribution in [3.63, 3.8) is 0 Å².